The van der Waals surface area contributed by atoms with Crippen LogP contribution in [0.3, 0.4) is 0 Å². The minimum atomic E-state index is -1.61. The maximum Gasteiger partial charge on any atom is 0.266 e. The van der Waals surface area contributed by atoms with Crippen molar-refractivity contribution in [3.8, 4) is 0 Å². The van der Waals surface area contributed by atoms with Crippen molar-refractivity contribution >= 4 is 162 Å². The minimum absolute atomic E-state index is 0.0895. The largest absolute Gasteiger partial charge is 0.266 e. The SMILES string of the molecule is CC1CCCCC1.CCCCCC.CCCCCCC.Cc1ccc(C(C)C)cc1.Cc1ccccc1.Cc1ccccc1C.ClC(Cl)(Cl)Cl.ClC(Cl)=C(Cl)Cl.ClC(Cl)Cl.ClC=C(Cl)Cl.c1ccccc1. The number of hydrogen-bond acceptors (Lipinski definition) is 0. The van der Waals surface area contributed by atoms with Crippen LogP contribution in [0.4, 0.5) is 0 Å². The first-order valence-corrected chi connectivity index (χ1v) is 29.6. The molecule has 5 rings (SSSR count). The molecule has 71 heavy (non-hydrogen) atoms. The van der Waals surface area contributed by atoms with Gasteiger partial charge in [0.15, 0.2) is 4.30 Å². The van der Waals surface area contributed by atoms with E-state index in [2.05, 4.69) is 137 Å². The van der Waals surface area contributed by atoms with Gasteiger partial charge in [-0.15, -0.1) is 0 Å². The third-order valence-corrected chi connectivity index (χ3v) is 10.9. The summed E-state index contributed by atoms with van der Waals surface area (Å²) in [4.78, 5) is 0. The molecule has 0 radical (unpaired) electrons. The van der Waals surface area contributed by atoms with Crippen molar-refractivity contribution in [1.29, 1.82) is 0 Å². The van der Waals surface area contributed by atoms with E-state index < -0.39 is 7.55 Å². The highest BCUT2D eigenvalue weighted by molar-refractivity contribution is 6.83. The first kappa shape index (κ1) is 82.8. The number of unbranched alkanes of at least 4 members (excludes halogenated alkanes) is 7. The Bertz CT molecular complexity index is 1580. The fraction of sp³-hybridized carbons (Fsp3) is 0.509. The van der Waals surface area contributed by atoms with E-state index in [1.165, 1.54) is 118 Å². The summed E-state index contributed by atoms with van der Waals surface area (Å²) >= 11 is 68.5. The van der Waals surface area contributed by atoms with E-state index in [4.69, 9.17) is 162 Å². The molecule has 1 fully saturated rings. The summed E-state index contributed by atoms with van der Waals surface area (Å²) in [7, 11) is 0. The zero-order valence-electron chi connectivity index (χ0n) is 44.0. The smallest absolute Gasteiger partial charge is 0.0904 e. The van der Waals surface area contributed by atoms with Crippen LogP contribution in [-0.2, 0) is 0 Å². The fourth-order valence-electron chi connectivity index (χ4n) is 5.02. The molecular weight excluding hydrogens is 1180 g/mol. The second kappa shape index (κ2) is 63.0. The summed E-state index contributed by atoms with van der Waals surface area (Å²) in [5.41, 5.74) is 7.90. The van der Waals surface area contributed by atoms with Crippen molar-refractivity contribution in [3.63, 3.8) is 0 Å². The Kier molecular flexibility index (Phi) is 73.4. The molecule has 1 saturated carbocycles. The van der Waals surface area contributed by atoms with Gasteiger partial charge in [0, 0.05) is 5.54 Å². The number of rotatable bonds is 8. The van der Waals surface area contributed by atoms with Crippen LogP contribution in [0.1, 0.15) is 172 Å². The minimum Gasteiger partial charge on any atom is -0.0904 e. The molecule has 0 nitrogen and oxygen atoms in total. The molecule has 0 N–H and O–H groups in total. The maximum absolute atomic E-state index is 4.99. The second-order valence-corrected chi connectivity index (χ2v) is 24.6. The highest BCUT2D eigenvalue weighted by atomic mass is 35.6. The van der Waals surface area contributed by atoms with Crippen LogP contribution in [0.15, 0.2) is 134 Å². The van der Waals surface area contributed by atoms with Gasteiger partial charge in [0.1, 0.15) is 13.5 Å². The van der Waals surface area contributed by atoms with E-state index >= 15 is 0 Å². The van der Waals surface area contributed by atoms with E-state index in [0.717, 1.165) is 11.5 Å². The summed E-state index contributed by atoms with van der Waals surface area (Å²) < 4.78 is -2.47. The Labute approximate surface area is 505 Å². The third kappa shape index (κ3) is 90.3. The van der Waals surface area contributed by atoms with Crippen molar-refractivity contribution < 1.29 is 0 Å². The fourth-order valence-corrected chi connectivity index (χ4v) is 5.02. The van der Waals surface area contributed by atoms with Crippen LogP contribution in [0.5, 0.6) is 0 Å². The lowest BCUT2D eigenvalue weighted by Gasteiger charge is -2.15. The number of benzene rings is 4. The zero-order chi connectivity index (χ0) is 55.9. The zero-order valence-corrected chi connectivity index (χ0v) is 54.6. The van der Waals surface area contributed by atoms with Gasteiger partial charge >= 0.3 is 0 Å². The van der Waals surface area contributed by atoms with Crippen LogP contribution >= 0.6 is 162 Å². The van der Waals surface area contributed by atoms with Gasteiger partial charge in [0.25, 0.3) is 3.25 Å². The number of alkyl halides is 7. The molecule has 0 unspecified atom stereocenters. The highest BCUT2D eigenvalue weighted by Crippen LogP contribution is 2.30. The van der Waals surface area contributed by atoms with Crippen LogP contribution in [0, 0.1) is 33.6 Å². The van der Waals surface area contributed by atoms with Gasteiger partial charge in [0.05, 0.1) is 0 Å². The Balaban J connectivity index is -0.000000165. The summed E-state index contributed by atoms with van der Waals surface area (Å²) in [5.74, 6) is 1.69. The van der Waals surface area contributed by atoms with E-state index in [-0.39, 0.29) is 13.5 Å². The third-order valence-electron chi connectivity index (χ3n) is 9.06. The standard InChI is InChI=1S/C10H14.C8H10.C7H14.C7H8.C7H16.C6H6.C6H14.C2Cl4.C2HCl3.CCl4.CHCl3/c1-8(2)10-6-4-9(3)5-7-10;1-7-5-3-4-6-8(7)2;2*1-7-5-3-2-4-6-7;1-3-5-7-6-4-2;1-2-4-6-5-3-1;1-3-5-6-4-2;3-1(4)2(5)6;3-1-2(4)5;2-1(3,4)5;2-1(3)4/h4-8H,1-3H3;3-6H,1-2H3;7H,2-6H2,1H3;2-6H,1H3;3-7H2,1-2H3;1-6H;3-6H2,1-2H3;;1H;;1H. The van der Waals surface area contributed by atoms with Crippen molar-refractivity contribution in [2.24, 2.45) is 5.92 Å². The Hall–Kier alpha value is 0.420. The lowest BCUT2D eigenvalue weighted by molar-refractivity contribution is 0.385. The molecule has 0 spiro atoms. The molecule has 410 valence electrons. The van der Waals surface area contributed by atoms with Gasteiger partial charge in [-0.1, -0.05) is 427 Å². The van der Waals surface area contributed by atoms with Crippen molar-refractivity contribution in [2.45, 2.75) is 180 Å². The molecule has 0 aromatic heterocycles. The van der Waals surface area contributed by atoms with E-state index in [1.807, 2.05) is 54.6 Å². The topological polar surface area (TPSA) is 0 Å². The summed E-state index contributed by atoms with van der Waals surface area (Å²) in [6, 6.07) is 39.3. The number of hydrogen-bond donors (Lipinski definition) is 0. The highest BCUT2D eigenvalue weighted by Gasteiger charge is 2.11. The lowest BCUT2D eigenvalue weighted by Crippen LogP contribution is -1.99. The Morgan fingerprint density at radius 3 is 0.958 bits per heavy atom. The molecule has 0 heterocycles. The van der Waals surface area contributed by atoms with Crippen LogP contribution in [0.25, 0.3) is 0 Å². The maximum atomic E-state index is 4.99. The van der Waals surface area contributed by atoms with E-state index in [1.54, 1.807) is 0 Å². The summed E-state index contributed by atoms with van der Waals surface area (Å²) in [5, 5.41) is 0. The molecular formula is C57H84Cl14. The molecule has 0 bridgehead atoms. The summed E-state index contributed by atoms with van der Waals surface area (Å²) in [6.07, 6.45) is 20.0. The lowest BCUT2D eigenvalue weighted by atomic mass is 9.91. The molecule has 0 aliphatic heterocycles. The van der Waals surface area contributed by atoms with Gasteiger partial charge in [-0.3, -0.25) is 0 Å². The first-order valence-electron chi connectivity index (χ1n) is 24.0. The van der Waals surface area contributed by atoms with Crippen molar-refractivity contribution in [1.82, 2.24) is 0 Å². The molecule has 1 aliphatic rings. The molecule has 4 aromatic carbocycles. The summed E-state index contributed by atoms with van der Waals surface area (Å²) in [6.45, 7) is 24.2. The molecule has 0 saturated heterocycles. The Morgan fingerprint density at radius 1 is 0.493 bits per heavy atom. The van der Waals surface area contributed by atoms with Crippen LogP contribution in [0.2, 0.25) is 0 Å². The second-order valence-electron chi connectivity index (χ2n) is 16.1. The van der Waals surface area contributed by atoms with Gasteiger partial charge < -0.3 is 0 Å². The van der Waals surface area contributed by atoms with Crippen LogP contribution in [-0.4, -0.2) is 7.55 Å². The van der Waals surface area contributed by atoms with Gasteiger partial charge in [0.2, 0.25) is 0 Å². The van der Waals surface area contributed by atoms with Gasteiger partial charge in [-0.25, -0.2) is 0 Å². The quantitative estimate of drug-likeness (QED) is 0.122. The number of aryl methyl sites for hydroxylation is 4. The van der Waals surface area contributed by atoms with Crippen molar-refractivity contribution in [3.05, 3.63) is 162 Å². The first-order chi connectivity index (χ1) is 33.3. The predicted octanol–water partition coefficient (Wildman–Crippen LogP) is 27.4. The van der Waals surface area contributed by atoms with E-state index in [0.29, 0.717) is 5.92 Å². The molecule has 14 heteroatoms. The molecule has 1 aliphatic carbocycles. The normalized spacial score (nSPS) is 10.7. The van der Waals surface area contributed by atoms with E-state index in [9.17, 15) is 0 Å². The number of halogens is 14. The van der Waals surface area contributed by atoms with Gasteiger partial charge in [-0.05, 0) is 56.2 Å². The predicted molar refractivity (Wildman–Crippen MR) is 339 cm³/mol. The van der Waals surface area contributed by atoms with Crippen LogP contribution < -0.4 is 0 Å². The monoisotopic (exact) mass is 1260 g/mol. The molecule has 0 amide bonds. The average molecular weight is 1270 g/mol. The average Bonchev–Trinajstić information content (AvgIpc) is 3.31. The molecule has 0 atom stereocenters. The molecule has 4 aromatic rings. The van der Waals surface area contributed by atoms with Gasteiger partial charge in [-0.2, -0.15) is 0 Å². The Morgan fingerprint density at radius 2 is 0.761 bits per heavy atom. The van der Waals surface area contributed by atoms with Crippen molar-refractivity contribution in [2.75, 3.05) is 0 Å².